The second kappa shape index (κ2) is 44.0. The minimum atomic E-state index is -0.869. The summed E-state index contributed by atoms with van der Waals surface area (Å²) in [5, 5.41) is 9.65. The average molecular weight is 853 g/mol. The number of aliphatic carboxylic acids is 1. The molecule has 0 aromatic rings. The van der Waals surface area contributed by atoms with Crippen LogP contribution in [0.25, 0.3) is 0 Å². The molecule has 8 nitrogen and oxygen atoms in total. The summed E-state index contributed by atoms with van der Waals surface area (Å²) in [6, 6.07) is -0.608. The summed E-state index contributed by atoms with van der Waals surface area (Å²) in [6.45, 7) is 4.80. The van der Waals surface area contributed by atoms with Gasteiger partial charge in [0.05, 0.1) is 34.4 Å². The third-order valence-electron chi connectivity index (χ3n) is 12.3. The van der Waals surface area contributed by atoms with Gasteiger partial charge < -0.3 is 23.8 Å². The number of hydrogen-bond donors (Lipinski definition) is 1. The third-order valence-corrected chi connectivity index (χ3v) is 12.3. The molecular formula is C52H102NO7+. The van der Waals surface area contributed by atoms with Crippen molar-refractivity contribution in [2.75, 3.05) is 41.0 Å². The maximum absolute atomic E-state index is 12.8. The molecule has 0 aliphatic rings. The predicted octanol–water partition coefficient (Wildman–Crippen LogP) is 14.9. The van der Waals surface area contributed by atoms with E-state index in [2.05, 4.69) is 13.8 Å². The number of esters is 2. The molecule has 0 radical (unpaired) electrons. The van der Waals surface area contributed by atoms with Gasteiger partial charge >= 0.3 is 17.9 Å². The van der Waals surface area contributed by atoms with Crippen LogP contribution in [0.15, 0.2) is 0 Å². The van der Waals surface area contributed by atoms with Crippen molar-refractivity contribution in [1.82, 2.24) is 0 Å². The summed E-state index contributed by atoms with van der Waals surface area (Å²) in [7, 11) is 5.55. The first-order chi connectivity index (χ1) is 29.1. The molecule has 0 saturated heterocycles. The van der Waals surface area contributed by atoms with Gasteiger partial charge in [-0.3, -0.25) is 9.59 Å². The molecule has 2 unspecified atom stereocenters. The minimum absolute atomic E-state index is 0.0414. The van der Waals surface area contributed by atoms with Crippen molar-refractivity contribution in [1.29, 1.82) is 0 Å². The summed E-state index contributed by atoms with van der Waals surface area (Å²) in [6.07, 6.45) is 47.2. The van der Waals surface area contributed by atoms with E-state index in [1.807, 2.05) is 21.1 Å². The fourth-order valence-electron chi connectivity index (χ4n) is 8.21. The predicted molar refractivity (Wildman–Crippen MR) is 253 cm³/mol. The largest absolute Gasteiger partial charge is 0.477 e. The van der Waals surface area contributed by atoms with Crippen molar-refractivity contribution in [3.8, 4) is 0 Å². The number of carboxylic acid groups (broad SMARTS) is 1. The zero-order chi connectivity index (χ0) is 44.2. The van der Waals surface area contributed by atoms with E-state index in [-0.39, 0.29) is 36.2 Å². The van der Waals surface area contributed by atoms with Gasteiger partial charge in [-0.1, -0.05) is 232 Å². The van der Waals surface area contributed by atoms with E-state index in [1.54, 1.807) is 0 Å². The smallest absolute Gasteiger partial charge is 0.362 e. The molecule has 356 valence electrons. The van der Waals surface area contributed by atoms with Gasteiger partial charge in [0.2, 0.25) is 0 Å². The fourth-order valence-corrected chi connectivity index (χ4v) is 8.21. The van der Waals surface area contributed by atoms with Crippen LogP contribution >= 0.6 is 0 Å². The third kappa shape index (κ3) is 41.7. The summed E-state index contributed by atoms with van der Waals surface area (Å²) < 4.78 is 17.4. The van der Waals surface area contributed by atoms with Crippen molar-refractivity contribution in [3.05, 3.63) is 0 Å². The van der Waals surface area contributed by atoms with Crippen molar-refractivity contribution in [3.63, 3.8) is 0 Å². The lowest BCUT2D eigenvalue weighted by Crippen LogP contribution is -2.50. The Morgan fingerprint density at radius 2 is 0.733 bits per heavy atom. The number of hydrogen-bond acceptors (Lipinski definition) is 6. The van der Waals surface area contributed by atoms with Crippen molar-refractivity contribution in [2.24, 2.45) is 0 Å². The Hall–Kier alpha value is -1.67. The summed E-state index contributed by atoms with van der Waals surface area (Å²) in [5.41, 5.74) is 0. The lowest BCUT2D eigenvalue weighted by Gasteiger charge is -2.31. The van der Waals surface area contributed by atoms with Gasteiger partial charge in [0, 0.05) is 19.3 Å². The second-order valence-corrected chi connectivity index (χ2v) is 19.1. The SMILES string of the molecule is CCCCCCCCCCCCCCCCCCCCCCCCC(=O)OC(COCCC(C(=O)O)[N+](C)(C)C)COC(=O)CCCCCCCCCCCCCCCC. The van der Waals surface area contributed by atoms with Crippen LogP contribution < -0.4 is 0 Å². The molecule has 0 saturated carbocycles. The summed E-state index contributed by atoms with van der Waals surface area (Å²) >= 11 is 0. The Bertz CT molecular complexity index is 951. The molecule has 0 aliphatic carbocycles. The van der Waals surface area contributed by atoms with E-state index < -0.39 is 18.1 Å². The van der Waals surface area contributed by atoms with Crippen LogP contribution in [-0.2, 0) is 28.6 Å². The molecule has 0 amide bonds. The molecule has 60 heavy (non-hydrogen) atoms. The van der Waals surface area contributed by atoms with Gasteiger partial charge in [-0.25, -0.2) is 4.79 Å². The zero-order valence-corrected chi connectivity index (χ0v) is 40.7. The number of nitrogens with zero attached hydrogens (tertiary/aromatic N) is 1. The maximum atomic E-state index is 12.8. The van der Waals surface area contributed by atoms with E-state index in [9.17, 15) is 19.5 Å². The number of carboxylic acids is 1. The Labute approximate surface area is 372 Å². The average Bonchev–Trinajstić information content (AvgIpc) is 3.21. The molecule has 8 heteroatoms. The van der Waals surface area contributed by atoms with Crippen LogP contribution in [0.5, 0.6) is 0 Å². The highest BCUT2D eigenvalue weighted by Crippen LogP contribution is 2.17. The number of likely N-dealkylation sites (N-methyl/N-ethyl adjacent to an activating group) is 1. The van der Waals surface area contributed by atoms with Gasteiger partial charge in [-0.15, -0.1) is 0 Å². The van der Waals surface area contributed by atoms with Gasteiger partial charge in [0.25, 0.3) is 0 Å². The Balaban J connectivity index is 4.15. The van der Waals surface area contributed by atoms with Crippen molar-refractivity contribution in [2.45, 2.75) is 276 Å². The highest BCUT2D eigenvalue weighted by molar-refractivity contribution is 5.72. The second-order valence-electron chi connectivity index (χ2n) is 19.1. The molecule has 0 bridgehead atoms. The summed E-state index contributed by atoms with van der Waals surface area (Å²) in [5.74, 6) is -1.44. The standard InChI is InChI=1S/C52H101NO7/c1-6-8-10-12-14-16-18-20-22-23-24-25-26-27-28-29-31-33-35-37-39-41-43-51(55)60-48(46-58-45-44-49(52(56)57)53(3,4)5)47-59-50(54)42-40-38-36-34-32-30-21-19-17-15-13-11-9-7-2/h48-49H,6-47H2,1-5H3/p+1. The quantitative estimate of drug-likeness (QED) is 0.0370. The minimum Gasteiger partial charge on any atom is -0.477 e. The maximum Gasteiger partial charge on any atom is 0.362 e. The van der Waals surface area contributed by atoms with E-state index in [0.717, 1.165) is 38.5 Å². The van der Waals surface area contributed by atoms with Gasteiger partial charge in [-0.05, 0) is 12.8 Å². The normalized spacial score (nSPS) is 12.8. The van der Waals surface area contributed by atoms with Crippen LogP contribution in [0.2, 0.25) is 0 Å². The Morgan fingerprint density at radius 1 is 0.433 bits per heavy atom. The number of quaternary nitrogens is 1. The van der Waals surface area contributed by atoms with Crippen LogP contribution in [0.4, 0.5) is 0 Å². The van der Waals surface area contributed by atoms with Gasteiger partial charge in [0.15, 0.2) is 12.1 Å². The number of ether oxygens (including phenoxy) is 3. The fraction of sp³-hybridized carbons (Fsp3) is 0.942. The lowest BCUT2D eigenvalue weighted by atomic mass is 10.0. The van der Waals surface area contributed by atoms with Crippen molar-refractivity contribution >= 4 is 17.9 Å². The molecule has 2 atom stereocenters. The Morgan fingerprint density at radius 3 is 1.03 bits per heavy atom. The van der Waals surface area contributed by atoms with Gasteiger partial charge in [0.1, 0.15) is 6.61 Å². The van der Waals surface area contributed by atoms with E-state index in [0.29, 0.717) is 19.3 Å². The molecule has 0 aromatic carbocycles. The number of carbonyl (C=O) groups is 3. The molecule has 0 fully saturated rings. The van der Waals surface area contributed by atoms with Gasteiger partial charge in [-0.2, -0.15) is 0 Å². The lowest BCUT2D eigenvalue weighted by molar-refractivity contribution is -0.887. The first-order valence-corrected chi connectivity index (χ1v) is 26.1. The Kier molecular flexibility index (Phi) is 42.7. The van der Waals surface area contributed by atoms with Crippen LogP contribution in [0, 0.1) is 0 Å². The highest BCUT2D eigenvalue weighted by atomic mass is 16.6. The molecule has 0 aliphatic heterocycles. The summed E-state index contributed by atoms with van der Waals surface area (Å²) in [4.78, 5) is 37.1. The number of unbranched alkanes of at least 4 members (excludes halogenated alkanes) is 34. The van der Waals surface area contributed by atoms with Crippen LogP contribution in [0.3, 0.4) is 0 Å². The highest BCUT2D eigenvalue weighted by Gasteiger charge is 2.31. The van der Waals surface area contributed by atoms with Crippen molar-refractivity contribution < 1.29 is 38.2 Å². The molecule has 0 aromatic heterocycles. The zero-order valence-electron chi connectivity index (χ0n) is 40.7. The van der Waals surface area contributed by atoms with Crippen LogP contribution in [0.1, 0.15) is 264 Å². The first kappa shape index (κ1) is 58.3. The first-order valence-electron chi connectivity index (χ1n) is 26.1. The monoisotopic (exact) mass is 853 g/mol. The molecule has 0 spiro atoms. The topological polar surface area (TPSA) is 99.1 Å². The molecule has 0 rings (SSSR count). The molecule has 0 heterocycles. The number of rotatable bonds is 48. The van der Waals surface area contributed by atoms with Crippen LogP contribution in [-0.4, -0.2) is 80.6 Å². The molecule has 1 N–H and O–H groups in total. The van der Waals surface area contributed by atoms with E-state index in [4.69, 9.17) is 14.2 Å². The van der Waals surface area contributed by atoms with E-state index >= 15 is 0 Å². The van der Waals surface area contributed by atoms with E-state index in [1.165, 1.54) is 193 Å². The number of carbonyl (C=O) groups excluding carboxylic acids is 2. The molecular weight excluding hydrogens is 751 g/mol.